The van der Waals surface area contributed by atoms with Gasteiger partial charge in [0, 0.05) is 38.3 Å². The summed E-state index contributed by atoms with van der Waals surface area (Å²) in [5.41, 5.74) is 11.4. The van der Waals surface area contributed by atoms with Crippen LogP contribution in [0.1, 0.15) is 11.1 Å². The molecule has 0 radical (unpaired) electrons. The Hall–Kier alpha value is -7.08. The molecule has 0 aliphatic heterocycles. The highest BCUT2D eigenvalue weighted by molar-refractivity contribution is 6.24. The Balaban J connectivity index is 1.21. The van der Waals surface area contributed by atoms with Crippen molar-refractivity contribution in [1.82, 2.24) is 9.13 Å². The second-order valence-corrected chi connectivity index (χ2v) is 12.4. The molecule has 226 valence electrons. The molecule has 0 spiro atoms. The fourth-order valence-electron chi connectivity index (χ4n) is 7.62. The van der Waals surface area contributed by atoms with Crippen molar-refractivity contribution in [3.63, 3.8) is 0 Å². The molecule has 0 aliphatic carbocycles. The molecule has 0 unspecified atom stereocenters. The van der Waals surface area contributed by atoms with Crippen molar-refractivity contribution in [2.24, 2.45) is 0 Å². The first-order valence-corrected chi connectivity index (χ1v) is 16.1. The molecule has 0 atom stereocenters. The Morgan fingerprint density at radius 3 is 1.73 bits per heavy atom. The number of furan rings is 1. The molecule has 0 saturated carbocycles. The van der Waals surface area contributed by atoms with E-state index < -0.39 is 0 Å². The molecular formula is C44H24N4O. The fourth-order valence-corrected chi connectivity index (χ4v) is 7.62. The molecule has 5 heteroatoms. The molecular weight excluding hydrogens is 601 g/mol. The van der Waals surface area contributed by atoms with Crippen molar-refractivity contribution in [2.75, 3.05) is 0 Å². The summed E-state index contributed by atoms with van der Waals surface area (Å²) in [5.74, 6) is 0. The zero-order chi connectivity index (χ0) is 32.6. The van der Waals surface area contributed by atoms with Gasteiger partial charge in [0.2, 0.25) is 0 Å². The second-order valence-electron chi connectivity index (χ2n) is 12.4. The molecule has 10 aromatic rings. The van der Waals surface area contributed by atoms with Gasteiger partial charge in [0.1, 0.15) is 11.2 Å². The van der Waals surface area contributed by atoms with Crippen molar-refractivity contribution in [3.05, 3.63) is 157 Å². The standard InChI is InChI=1S/C44H24N4O/c45-25-27-15-18-39-36(21-27)33-11-1-3-13-38(33)47(39)31-9-5-7-29(23-31)30-8-6-10-32(24-30)48-40-19-16-28(26-46)22-37(40)34-17-20-42-43(44(34)48)35-12-2-4-14-41(35)49-42/h1-24H. The number of para-hydroxylation sites is 2. The quantitative estimate of drug-likeness (QED) is 0.196. The van der Waals surface area contributed by atoms with Crippen molar-refractivity contribution in [1.29, 1.82) is 10.5 Å². The average molecular weight is 625 g/mol. The number of aromatic nitrogens is 2. The van der Waals surface area contributed by atoms with Gasteiger partial charge in [-0.25, -0.2) is 0 Å². The summed E-state index contributed by atoms with van der Waals surface area (Å²) in [5, 5.41) is 25.8. The maximum absolute atomic E-state index is 9.78. The smallest absolute Gasteiger partial charge is 0.137 e. The van der Waals surface area contributed by atoms with Crippen LogP contribution in [0.2, 0.25) is 0 Å². The van der Waals surface area contributed by atoms with E-state index in [1.807, 2.05) is 60.7 Å². The van der Waals surface area contributed by atoms with Crippen LogP contribution in [0, 0.1) is 22.7 Å². The van der Waals surface area contributed by atoms with Crippen LogP contribution in [0.4, 0.5) is 0 Å². The topological polar surface area (TPSA) is 70.6 Å². The summed E-state index contributed by atoms with van der Waals surface area (Å²) in [6.07, 6.45) is 0. The van der Waals surface area contributed by atoms with Gasteiger partial charge < -0.3 is 13.6 Å². The molecule has 0 saturated heterocycles. The van der Waals surface area contributed by atoms with Gasteiger partial charge in [-0.15, -0.1) is 0 Å². The van der Waals surface area contributed by atoms with Crippen LogP contribution in [0.3, 0.4) is 0 Å². The number of hydrogen-bond acceptors (Lipinski definition) is 3. The molecule has 0 N–H and O–H groups in total. The molecule has 0 amide bonds. The van der Waals surface area contributed by atoms with E-state index in [1.165, 1.54) is 0 Å². The first-order chi connectivity index (χ1) is 24.2. The minimum atomic E-state index is 0.628. The third kappa shape index (κ3) is 3.91. The van der Waals surface area contributed by atoms with E-state index >= 15 is 0 Å². The molecule has 0 aliphatic rings. The Morgan fingerprint density at radius 1 is 0.429 bits per heavy atom. The van der Waals surface area contributed by atoms with Crippen LogP contribution in [-0.4, -0.2) is 9.13 Å². The summed E-state index contributed by atoms with van der Waals surface area (Å²) in [7, 11) is 0. The highest BCUT2D eigenvalue weighted by Gasteiger charge is 2.20. The van der Waals surface area contributed by atoms with E-state index in [-0.39, 0.29) is 0 Å². The summed E-state index contributed by atoms with van der Waals surface area (Å²) in [6, 6.07) is 54.4. The zero-order valence-electron chi connectivity index (χ0n) is 26.1. The van der Waals surface area contributed by atoms with E-state index in [1.54, 1.807) is 0 Å². The van der Waals surface area contributed by atoms with Gasteiger partial charge in [-0.05, 0) is 96.1 Å². The number of nitrogens with zero attached hydrogens (tertiary/aromatic N) is 4. The van der Waals surface area contributed by atoms with E-state index in [0.717, 1.165) is 88.1 Å². The molecule has 7 aromatic carbocycles. The maximum atomic E-state index is 9.78. The molecule has 3 aromatic heterocycles. The number of hydrogen-bond donors (Lipinski definition) is 0. The van der Waals surface area contributed by atoms with Gasteiger partial charge >= 0.3 is 0 Å². The van der Waals surface area contributed by atoms with Crippen LogP contribution in [0.15, 0.2) is 150 Å². The van der Waals surface area contributed by atoms with Crippen molar-refractivity contribution in [2.45, 2.75) is 0 Å². The van der Waals surface area contributed by atoms with E-state index in [2.05, 4.69) is 106 Å². The molecule has 49 heavy (non-hydrogen) atoms. The minimum absolute atomic E-state index is 0.628. The van der Waals surface area contributed by atoms with Gasteiger partial charge in [0.25, 0.3) is 0 Å². The third-order valence-corrected chi connectivity index (χ3v) is 9.74. The maximum Gasteiger partial charge on any atom is 0.137 e. The lowest BCUT2D eigenvalue weighted by Crippen LogP contribution is -1.96. The van der Waals surface area contributed by atoms with Crippen LogP contribution in [-0.2, 0) is 0 Å². The Morgan fingerprint density at radius 2 is 1.02 bits per heavy atom. The largest absolute Gasteiger partial charge is 0.456 e. The van der Waals surface area contributed by atoms with Crippen molar-refractivity contribution < 1.29 is 4.42 Å². The summed E-state index contributed by atoms with van der Waals surface area (Å²) < 4.78 is 10.9. The SMILES string of the molecule is N#Cc1ccc2c(c1)c1ccccc1n2-c1cccc(-c2cccc(-n3c4ccc(C#N)cc4c4ccc5oc6ccccc6c5c43)c2)c1. The van der Waals surface area contributed by atoms with Gasteiger partial charge in [0.15, 0.2) is 0 Å². The Labute approximate surface area is 280 Å². The Bertz CT molecular complexity index is 3090. The van der Waals surface area contributed by atoms with Crippen LogP contribution < -0.4 is 0 Å². The first kappa shape index (κ1) is 27.1. The minimum Gasteiger partial charge on any atom is -0.456 e. The molecule has 3 heterocycles. The summed E-state index contributed by atoms with van der Waals surface area (Å²) >= 11 is 0. The molecule has 0 fully saturated rings. The van der Waals surface area contributed by atoms with E-state index in [4.69, 9.17) is 4.42 Å². The normalized spacial score (nSPS) is 11.6. The highest BCUT2D eigenvalue weighted by Crippen LogP contribution is 2.42. The number of benzene rings is 7. The van der Waals surface area contributed by atoms with Gasteiger partial charge in [-0.1, -0.05) is 60.7 Å². The highest BCUT2D eigenvalue weighted by atomic mass is 16.3. The van der Waals surface area contributed by atoms with Gasteiger partial charge in [0.05, 0.1) is 50.7 Å². The molecule has 0 bridgehead atoms. The van der Waals surface area contributed by atoms with Crippen LogP contribution in [0.5, 0.6) is 0 Å². The number of fused-ring (bicyclic) bond motifs is 10. The van der Waals surface area contributed by atoms with Gasteiger partial charge in [-0.2, -0.15) is 10.5 Å². The monoisotopic (exact) mass is 624 g/mol. The van der Waals surface area contributed by atoms with Crippen molar-refractivity contribution >= 4 is 65.6 Å². The fraction of sp³-hybridized carbons (Fsp3) is 0. The predicted molar refractivity (Wildman–Crippen MR) is 197 cm³/mol. The van der Waals surface area contributed by atoms with E-state index in [0.29, 0.717) is 11.1 Å². The zero-order valence-corrected chi connectivity index (χ0v) is 26.1. The molecule has 5 nitrogen and oxygen atoms in total. The summed E-state index contributed by atoms with van der Waals surface area (Å²) in [6.45, 7) is 0. The predicted octanol–water partition coefficient (Wildman–Crippen LogP) is 11.2. The second kappa shape index (κ2) is 10.2. The lowest BCUT2D eigenvalue weighted by molar-refractivity contribution is 0.669. The average Bonchev–Trinajstić information content (AvgIpc) is 3.82. The number of nitriles is 2. The Kier molecular flexibility index (Phi) is 5.64. The molecule has 10 rings (SSSR count). The number of rotatable bonds is 3. The lowest BCUT2D eigenvalue weighted by Gasteiger charge is -2.13. The van der Waals surface area contributed by atoms with Crippen molar-refractivity contribution in [3.8, 4) is 34.6 Å². The van der Waals surface area contributed by atoms with Gasteiger partial charge in [-0.3, -0.25) is 0 Å². The lowest BCUT2D eigenvalue weighted by atomic mass is 10.0. The third-order valence-electron chi connectivity index (χ3n) is 9.74. The first-order valence-electron chi connectivity index (χ1n) is 16.1. The summed E-state index contributed by atoms with van der Waals surface area (Å²) in [4.78, 5) is 0. The van der Waals surface area contributed by atoms with Crippen LogP contribution >= 0.6 is 0 Å². The van der Waals surface area contributed by atoms with E-state index in [9.17, 15) is 10.5 Å². The van der Waals surface area contributed by atoms with Crippen LogP contribution in [0.25, 0.3) is 88.1 Å².